The number of nitrogens with zero attached hydrogens (tertiary/aromatic N) is 2. The maximum atomic E-state index is 9.14. The molecule has 0 radical (unpaired) electrons. The summed E-state index contributed by atoms with van der Waals surface area (Å²) in [6.07, 6.45) is 0.694. The highest BCUT2D eigenvalue weighted by atomic mass is 16.3. The Labute approximate surface area is 123 Å². The predicted octanol–water partition coefficient (Wildman–Crippen LogP) is 2.98. The summed E-state index contributed by atoms with van der Waals surface area (Å²) in [5.41, 5.74) is 10.8. The van der Waals surface area contributed by atoms with E-state index in [0.29, 0.717) is 12.1 Å². The Morgan fingerprint density at radius 1 is 1.19 bits per heavy atom. The molecule has 1 aromatic heterocycles. The average molecular weight is 281 g/mol. The standard InChI is InChI=1S/C17H19N3O/c1-12-5-2-6-13(11-12)17-19-16-14(18)7-3-8-15(16)20(17)9-4-10-21/h2-3,5-8,11,21H,4,9-10,18H2,1H3. The number of nitrogen functional groups attached to an aromatic ring is 1. The van der Waals surface area contributed by atoms with Gasteiger partial charge in [-0.15, -0.1) is 0 Å². The van der Waals surface area contributed by atoms with Crippen molar-refractivity contribution >= 4 is 16.7 Å². The van der Waals surface area contributed by atoms with Crippen molar-refractivity contribution in [1.82, 2.24) is 9.55 Å². The number of aliphatic hydroxyl groups is 1. The Balaban J connectivity index is 2.23. The van der Waals surface area contributed by atoms with E-state index >= 15 is 0 Å². The van der Waals surface area contributed by atoms with Gasteiger partial charge in [0.1, 0.15) is 11.3 Å². The first-order valence-electron chi connectivity index (χ1n) is 7.13. The molecule has 108 valence electrons. The first kappa shape index (κ1) is 13.6. The largest absolute Gasteiger partial charge is 0.397 e. The van der Waals surface area contributed by atoms with Crippen molar-refractivity contribution in [2.45, 2.75) is 19.9 Å². The molecule has 4 heteroatoms. The van der Waals surface area contributed by atoms with Crippen LogP contribution in [0.25, 0.3) is 22.4 Å². The number of aromatic nitrogens is 2. The zero-order valence-corrected chi connectivity index (χ0v) is 12.1. The number of nitrogens with two attached hydrogens (primary N) is 1. The Hall–Kier alpha value is -2.33. The average Bonchev–Trinajstić information content (AvgIpc) is 2.85. The minimum Gasteiger partial charge on any atom is -0.397 e. The quantitative estimate of drug-likeness (QED) is 0.723. The van der Waals surface area contributed by atoms with Gasteiger partial charge in [-0.25, -0.2) is 4.98 Å². The molecule has 0 aliphatic heterocycles. The van der Waals surface area contributed by atoms with E-state index in [-0.39, 0.29) is 6.61 Å². The molecule has 0 spiro atoms. The molecular formula is C17H19N3O. The highest BCUT2D eigenvalue weighted by molar-refractivity contribution is 5.90. The Morgan fingerprint density at radius 2 is 2.00 bits per heavy atom. The molecule has 0 saturated heterocycles. The van der Waals surface area contributed by atoms with Gasteiger partial charge in [-0.2, -0.15) is 0 Å². The van der Waals surface area contributed by atoms with Crippen molar-refractivity contribution in [3.05, 3.63) is 48.0 Å². The summed E-state index contributed by atoms with van der Waals surface area (Å²) in [5.74, 6) is 0.903. The van der Waals surface area contributed by atoms with E-state index in [1.54, 1.807) is 0 Å². The second-order valence-electron chi connectivity index (χ2n) is 5.25. The fraction of sp³-hybridized carbons (Fsp3) is 0.235. The monoisotopic (exact) mass is 281 g/mol. The van der Waals surface area contributed by atoms with Gasteiger partial charge in [-0.05, 0) is 31.5 Å². The van der Waals surface area contributed by atoms with Gasteiger partial charge in [-0.3, -0.25) is 0 Å². The van der Waals surface area contributed by atoms with Gasteiger partial charge in [0.05, 0.1) is 11.2 Å². The van der Waals surface area contributed by atoms with Crippen LogP contribution in [0.15, 0.2) is 42.5 Å². The van der Waals surface area contributed by atoms with E-state index in [1.807, 2.05) is 24.3 Å². The lowest BCUT2D eigenvalue weighted by Crippen LogP contribution is -2.02. The number of hydrogen-bond donors (Lipinski definition) is 2. The van der Waals surface area contributed by atoms with Gasteiger partial charge in [0, 0.05) is 18.7 Å². The number of aliphatic hydroxyl groups excluding tert-OH is 1. The second-order valence-corrected chi connectivity index (χ2v) is 5.25. The van der Waals surface area contributed by atoms with Crippen molar-refractivity contribution in [2.75, 3.05) is 12.3 Å². The van der Waals surface area contributed by atoms with E-state index in [9.17, 15) is 0 Å². The Bertz CT molecular complexity index is 777. The molecule has 0 aliphatic carbocycles. The third-order valence-corrected chi connectivity index (χ3v) is 3.63. The third-order valence-electron chi connectivity index (χ3n) is 3.63. The van der Waals surface area contributed by atoms with E-state index < -0.39 is 0 Å². The zero-order valence-electron chi connectivity index (χ0n) is 12.1. The molecule has 0 amide bonds. The molecule has 0 fully saturated rings. The lowest BCUT2D eigenvalue weighted by atomic mass is 10.1. The minimum atomic E-state index is 0.162. The highest BCUT2D eigenvalue weighted by Crippen LogP contribution is 2.28. The Morgan fingerprint density at radius 3 is 2.76 bits per heavy atom. The van der Waals surface area contributed by atoms with Crippen LogP contribution in [-0.4, -0.2) is 21.3 Å². The van der Waals surface area contributed by atoms with Gasteiger partial charge in [-0.1, -0.05) is 29.8 Å². The van der Waals surface area contributed by atoms with Crippen LogP contribution in [-0.2, 0) is 6.54 Å². The zero-order chi connectivity index (χ0) is 14.8. The van der Waals surface area contributed by atoms with Crippen molar-refractivity contribution < 1.29 is 5.11 Å². The summed E-state index contributed by atoms with van der Waals surface area (Å²) in [6.45, 7) is 2.95. The highest BCUT2D eigenvalue weighted by Gasteiger charge is 2.13. The van der Waals surface area contributed by atoms with E-state index in [2.05, 4.69) is 29.7 Å². The molecule has 2 aromatic carbocycles. The molecule has 21 heavy (non-hydrogen) atoms. The lowest BCUT2D eigenvalue weighted by molar-refractivity contribution is 0.281. The van der Waals surface area contributed by atoms with E-state index in [1.165, 1.54) is 5.56 Å². The third kappa shape index (κ3) is 2.50. The van der Waals surface area contributed by atoms with Crippen LogP contribution in [0, 0.1) is 6.92 Å². The molecule has 0 atom stereocenters. The fourth-order valence-corrected chi connectivity index (χ4v) is 2.63. The van der Waals surface area contributed by atoms with Gasteiger partial charge >= 0.3 is 0 Å². The lowest BCUT2D eigenvalue weighted by Gasteiger charge is -2.09. The van der Waals surface area contributed by atoms with Crippen molar-refractivity contribution in [3.63, 3.8) is 0 Å². The fourth-order valence-electron chi connectivity index (χ4n) is 2.63. The molecule has 1 heterocycles. The number of para-hydroxylation sites is 1. The normalized spacial score (nSPS) is 11.1. The number of imidazole rings is 1. The summed E-state index contributed by atoms with van der Waals surface area (Å²) in [7, 11) is 0. The van der Waals surface area contributed by atoms with Crippen LogP contribution >= 0.6 is 0 Å². The number of anilines is 1. The summed E-state index contributed by atoms with van der Waals surface area (Å²) in [5, 5.41) is 9.14. The number of fused-ring (bicyclic) bond motifs is 1. The van der Waals surface area contributed by atoms with E-state index in [4.69, 9.17) is 15.8 Å². The number of aryl methyl sites for hydroxylation is 2. The maximum absolute atomic E-state index is 9.14. The molecule has 0 aliphatic rings. The molecular weight excluding hydrogens is 262 g/mol. The molecule has 3 aromatic rings. The van der Waals surface area contributed by atoms with Crippen molar-refractivity contribution in [3.8, 4) is 11.4 Å². The van der Waals surface area contributed by atoms with Gasteiger partial charge in [0.15, 0.2) is 0 Å². The van der Waals surface area contributed by atoms with Crippen LogP contribution < -0.4 is 5.73 Å². The van der Waals surface area contributed by atoms with Crippen LogP contribution in [0.2, 0.25) is 0 Å². The topological polar surface area (TPSA) is 64.1 Å². The number of benzene rings is 2. The first-order valence-corrected chi connectivity index (χ1v) is 7.13. The van der Waals surface area contributed by atoms with Gasteiger partial charge < -0.3 is 15.4 Å². The van der Waals surface area contributed by atoms with Gasteiger partial charge in [0.2, 0.25) is 0 Å². The summed E-state index contributed by atoms with van der Waals surface area (Å²) in [6, 6.07) is 14.1. The summed E-state index contributed by atoms with van der Waals surface area (Å²) < 4.78 is 2.14. The first-order chi connectivity index (χ1) is 10.2. The number of rotatable bonds is 4. The van der Waals surface area contributed by atoms with Crippen molar-refractivity contribution in [1.29, 1.82) is 0 Å². The van der Waals surface area contributed by atoms with Gasteiger partial charge in [0.25, 0.3) is 0 Å². The van der Waals surface area contributed by atoms with Crippen LogP contribution in [0.1, 0.15) is 12.0 Å². The minimum absolute atomic E-state index is 0.162. The molecule has 0 saturated carbocycles. The predicted molar refractivity (Wildman–Crippen MR) is 86.0 cm³/mol. The van der Waals surface area contributed by atoms with Crippen LogP contribution in [0.4, 0.5) is 5.69 Å². The smallest absolute Gasteiger partial charge is 0.141 e. The van der Waals surface area contributed by atoms with Crippen LogP contribution in [0.3, 0.4) is 0 Å². The van der Waals surface area contributed by atoms with Crippen LogP contribution in [0.5, 0.6) is 0 Å². The maximum Gasteiger partial charge on any atom is 0.141 e. The molecule has 0 unspecified atom stereocenters. The Kier molecular flexibility index (Phi) is 3.62. The van der Waals surface area contributed by atoms with E-state index in [0.717, 1.165) is 29.0 Å². The second kappa shape index (κ2) is 5.58. The molecule has 4 nitrogen and oxygen atoms in total. The molecule has 3 N–H and O–H groups in total. The molecule has 3 rings (SSSR count). The molecule has 0 bridgehead atoms. The van der Waals surface area contributed by atoms with Crippen molar-refractivity contribution in [2.24, 2.45) is 0 Å². The SMILES string of the molecule is Cc1cccc(-c2nc3c(N)cccc3n2CCCO)c1. The summed E-state index contributed by atoms with van der Waals surface area (Å²) in [4.78, 5) is 4.73. The number of hydrogen-bond acceptors (Lipinski definition) is 3. The summed E-state index contributed by atoms with van der Waals surface area (Å²) >= 11 is 0.